The van der Waals surface area contributed by atoms with E-state index in [0.29, 0.717) is 23.9 Å². The van der Waals surface area contributed by atoms with Crippen LogP contribution in [0.4, 0.5) is 11.9 Å². The highest BCUT2D eigenvalue weighted by atomic mass is 15.2. The summed E-state index contributed by atoms with van der Waals surface area (Å²) in [4.78, 5) is 12.8. The minimum Gasteiger partial charge on any atom is -0.368 e. The zero-order valence-corrected chi connectivity index (χ0v) is 11.3. The van der Waals surface area contributed by atoms with Crippen LogP contribution in [0.15, 0.2) is 0 Å². The van der Waals surface area contributed by atoms with E-state index in [1.807, 2.05) is 0 Å². The number of aromatic nitrogens is 3. The summed E-state index contributed by atoms with van der Waals surface area (Å²) < 4.78 is 0. The molecule has 0 amide bonds. The van der Waals surface area contributed by atoms with Crippen molar-refractivity contribution in [1.82, 2.24) is 15.0 Å². The second-order valence-corrected chi connectivity index (χ2v) is 5.51. The third kappa shape index (κ3) is 3.82. The summed E-state index contributed by atoms with van der Waals surface area (Å²) >= 11 is 0. The predicted octanol–water partition coefficient (Wildman–Crippen LogP) is 2.40. The van der Waals surface area contributed by atoms with Gasteiger partial charge in [0.1, 0.15) is 5.82 Å². The van der Waals surface area contributed by atoms with Crippen molar-refractivity contribution in [3.8, 4) is 0 Å². The van der Waals surface area contributed by atoms with Gasteiger partial charge in [0.25, 0.3) is 0 Å². The molecule has 1 aromatic heterocycles. The molecule has 0 atom stereocenters. The Morgan fingerprint density at radius 1 is 1.17 bits per heavy atom. The average molecular weight is 249 g/mol. The molecule has 1 fully saturated rings. The molecule has 5 heteroatoms. The van der Waals surface area contributed by atoms with E-state index in [2.05, 4.69) is 34.1 Å². The van der Waals surface area contributed by atoms with Crippen molar-refractivity contribution in [3.63, 3.8) is 0 Å². The molecule has 100 valence electrons. The number of anilines is 2. The Bertz CT molecular complexity index is 385. The summed E-state index contributed by atoms with van der Waals surface area (Å²) in [6.07, 6.45) is 7.16. The maximum atomic E-state index is 5.74. The van der Waals surface area contributed by atoms with Gasteiger partial charge < -0.3 is 11.1 Å². The third-order valence-electron chi connectivity index (χ3n) is 3.23. The number of nitrogens with zero attached hydrogens (tertiary/aromatic N) is 3. The van der Waals surface area contributed by atoms with Crippen LogP contribution in [0.1, 0.15) is 51.8 Å². The number of hydrogen-bond donors (Lipinski definition) is 2. The van der Waals surface area contributed by atoms with E-state index in [9.17, 15) is 0 Å². The number of rotatable bonds is 4. The number of nitrogen functional groups attached to an aromatic ring is 1. The normalized spacial score (nSPS) is 17.1. The van der Waals surface area contributed by atoms with Crippen molar-refractivity contribution in [2.45, 2.75) is 58.4 Å². The van der Waals surface area contributed by atoms with Crippen LogP contribution in [0.2, 0.25) is 0 Å². The fourth-order valence-electron chi connectivity index (χ4n) is 2.39. The molecule has 1 aliphatic carbocycles. The van der Waals surface area contributed by atoms with E-state index in [1.165, 1.54) is 32.1 Å². The van der Waals surface area contributed by atoms with Crippen molar-refractivity contribution in [2.75, 3.05) is 11.1 Å². The lowest BCUT2D eigenvalue weighted by Gasteiger charge is -2.22. The zero-order valence-electron chi connectivity index (χ0n) is 11.3. The molecule has 0 bridgehead atoms. The Balaban J connectivity index is 2.04. The van der Waals surface area contributed by atoms with E-state index >= 15 is 0 Å². The van der Waals surface area contributed by atoms with E-state index in [1.54, 1.807) is 0 Å². The lowest BCUT2D eigenvalue weighted by Crippen LogP contribution is -2.24. The van der Waals surface area contributed by atoms with Crippen LogP contribution >= 0.6 is 0 Å². The van der Waals surface area contributed by atoms with Crippen LogP contribution in [0, 0.1) is 5.92 Å². The molecule has 1 aliphatic rings. The maximum absolute atomic E-state index is 5.74. The smallest absolute Gasteiger partial charge is 0.227 e. The molecule has 1 aromatic rings. The quantitative estimate of drug-likeness (QED) is 0.856. The SMILES string of the molecule is CC(C)Cc1nc(N)nc(NC2CCCCC2)n1. The number of nitrogens with two attached hydrogens (primary N) is 1. The number of nitrogens with one attached hydrogen (secondary N) is 1. The van der Waals surface area contributed by atoms with Gasteiger partial charge in [-0.15, -0.1) is 0 Å². The Morgan fingerprint density at radius 3 is 2.56 bits per heavy atom. The van der Waals surface area contributed by atoms with Crippen LogP contribution in [-0.2, 0) is 6.42 Å². The second kappa shape index (κ2) is 5.98. The van der Waals surface area contributed by atoms with E-state index in [4.69, 9.17) is 5.73 Å². The van der Waals surface area contributed by atoms with Crippen molar-refractivity contribution in [1.29, 1.82) is 0 Å². The van der Waals surface area contributed by atoms with Crippen molar-refractivity contribution < 1.29 is 0 Å². The van der Waals surface area contributed by atoms with Crippen molar-refractivity contribution in [3.05, 3.63) is 5.82 Å². The summed E-state index contributed by atoms with van der Waals surface area (Å²) in [7, 11) is 0. The molecular weight excluding hydrogens is 226 g/mol. The summed E-state index contributed by atoms with van der Waals surface area (Å²) in [6, 6.07) is 0.493. The molecule has 0 saturated heterocycles. The van der Waals surface area contributed by atoms with Gasteiger partial charge in [0.05, 0.1) is 0 Å². The van der Waals surface area contributed by atoms with Gasteiger partial charge in [-0.05, 0) is 18.8 Å². The van der Waals surface area contributed by atoms with Gasteiger partial charge in [-0.3, -0.25) is 0 Å². The molecule has 0 aliphatic heterocycles. The lowest BCUT2D eigenvalue weighted by molar-refractivity contribution is 0.460. The van der Waals surface area contributed by atoms with Gasteiger partial charge in [0.15, 0.2) is 0 Å². The summed E-state index contributed by atoms with van der Waals surface area (Å²) in [5.74, 6) is 2.27. The van der Waals surface area contributed by atoms with Gasteiger partial charge in [0.2, 0.25) is 11.9 Å². The topological polar surface area (TPSA) is 76.7 Å². The first-order chi connectivity index (χ1) is 8.63. The third-order valence-corrected chi connectivity index (χ3v) is 3.23. The van der Waals surface area contributed by atoms with Gasteiger partial charge in [-0.2, -0.15) is 15.0 Å². The molecular formula is C13H23N5. The second-order valence-electron chi connectivity index (χ2n) is 5.51. The number of hydrogen-bond acceptors (Lipinski definition) is 5. The minimum atomic E-state index is 0.318. The van der Waals surface area contributed by atoms with Gasteiger partial charge in [-0.1, -0.05) is 33.1 Å². The van der Waals surface area contributed by atoms with Gasteiger partial charge in [-0.25, -0.2) is 0 Å². The predicted molar refractivity (Wildman–Crippen MR) is 73.3 cm³/mol. The van der Waals surface area contributed by atoms with Gasteiger partial charge >= 0.3 is 0 Å². The Morgan fingerprint density at radius 2 is 1.89 bits per heavy atom. The monoisotopic (exact) mass is 249 g/mol. The zero-order chi connectivity index (χ0) is 13.0. The summed E-state index contributed by atoms with van der Waals surface area (Å²) in [6.45, 7) is 4.29. The van der Waals surface area contributed by atoms with Crippen molar-refractivity contribution >= 4 is 11.9 Å². The first-order valence-corrected chi connectivity index (χ1v) is 6.90. The van der Waals surface area contributed by atoms with Crippen LogP contribution in [0.25, 0.3) is 0 Å². The molecule has 0 unspecified atom stereocenters. The molecule has 3 N–H and O–H groups in total. The van der Waals surface area contributed by atoms with Crippen molar-refractivity contribution in [2.24, 2.45) is 5.92 Å². The van der Waals surface area contributed by atoms with Crippen LogP contribution in [0.3, 0.4) is 0 Å². The van der Waals surface area contributed by atoms with E-state index < -0.39 is 0 Å². The molecule has 2 rings (SSSR count). The standard InChI is InChI=1S/C13H23N5/c1-9(2)8-11-16-12(14)18-13(17-11)15-10-6-4-3-5-7-10/h9-10H,3-8H2,1-2H3,(H3,14,15,16,17,18). The van der Waals surface area contributed by atoms with Gasteiger partial charge in [0, 0.05) is 12.5 Å². The molecule has 5 nitrogen and oxygen atoms in total. The summed E-state index contributed by atoms with van der Waals surface area (Å²) in [5.41, 5.74) is 5.74. The van der Waals surface area contributed by atoms with E-state index in [-0.39, 0.29) is 0 Å². The molecule has 0 radical (unpaired) electrons. The molecule has 1 heterocycles. The minimum absolute atomic E-state index is 0.318. The molecule has 0 aromatic carbocycles. The van der Waals surface area contributed by atoms with E-state index in [0.717, 1.165) is 12.2 Å². The first kappa shape index (κ1) is 13.1. The summed E-state index contributed by atoms with van der Waals surface area (Å²) in [5, 5.41) is 3.39. The van der Waals surface area contributed by atoms with Crippen LogP contribution in [0.5, 0.6) is 0 Å². The Kier molecular flexibility index (Phi) is 4.33. The highest BCUT2D eigenvalue weighted by molar-refractivity contribution is 5.32. The molecule has 0 spiro atoms. The van der Waals surface area contributed by atoms with Crippen LogP contribution in [-0.4, -0.2) is 21.0 Å². The Labute approximate surface area is 109 Å². The maximum Gasteiger partial charge on any atom is 0.227 e. The molecule has 18 heavy (non-hydrogen) atoms. The largest absolute Gasteiger partial charge is 0.368 e. The molecule has 1 saturated carbocycles. The van der Waals surface area contributed by atoms with Crippen LogP contribution < -0.4 is 11.1 Å². The average Bonchev–Trinajstić information content (AvgIpc) is 2.28. The fraction of sp³-hybridized carbons (Fsp3) is 0.769. The lowest BCUT2D eigenvalue weighted by atomic mass is 9.96. The highest BCUT2D eigenvalue weighted by Gasteiger charge is 2.15. The first-order valence-electron chi connectivity index (χ1n) is 6.90. The fourth-order valence-corrected chi connectivity index (χ4v) is 2.39. The highest BCUT2D eigenvalue weighted by Crippen LogP contribution is 2.20. The Hall–Kier alpha value is -1.39.